The van der Waals surface area contributed by atoms with Crippen molar-refractivity contribution in [2.24, 2.45) is 0 Å². The highest BCUT2D eigenvalue weighted by atomic mass is 79.9. The summed E-state index contributed by atoms with van der Waals surface area (Å²) in [5.41, 5.74) is 2.88. The second-order valence-electron chi connectivity index (χ2n) is 3.00. The van der Waals surface area contributed by atoms with Gasteiger partial charge in [-0.05, 0) is 30.7 Å². The Hall–Kier alpha value is -0.980. The molecule has 0 bridgehead atoms. The Morgan fingerprint density at radius 2 is 2.40 bits per heavy atom. The van der Waals surface area contributed by atoms with Gasteiger partial charge >= 0.3 is 0 Å². The number of nitrogens with zero attached hydrogens (tertiary/aromatic N) is 1. The maximum atomic E-state index is 8.87. The molecular weight excluding hydrogens is 277 g/mol. The van der Waals surface area contributed by atoms with Crippen molar-refractivity contribution < 1.29 is 4.74 Å². The lowest BCUT2D eigenvalue weighted by Gasteiger charge is -2.07. The van der Waals surface area contributed by atoms with Crippen molar-refractivity contribution in [2.45, 2.75) is 6.92 Å². The van der Waals surface area contributed by atoms with E-state index in [0.717, 1.165) is 10.0 Å². The number of ether oxygens (including phenoxy) is 1. The Kier molecular flexibility index (Phi) is 4.67. The van der Waals surface area contributed by atoms with E-state index in [0.29, 0.717) is 17.9 Å². The van der Waals surface area contributed by atoms with Gasteiger partial charge in [-0.2, -0.15) is 5.26 Å². The van der Waals surface area contributed by atoms with Gasteiger partial charge in [0.1, 0.15) is 18.4 Å². The molecule has 15 heavy (non-hydrogen) atoms. The lowest BCUT2D eigenvalue weighted by molar-refractivity contribution is 0.351. The van der Waals surface area contributed by atoms with Crippen LogP contribution >= 0.6 is 27.5 Å². The first-order valence-electron chi connectivity index (χ1n) is 4.25. The maximum Gasteiger partial charge on any atom is 0.137 e. The molecule has 0 saturated carbocycles. The van der Waals surface area contributed by atoms with E-state index in [-0.39, 0.29) is 0 Å². The van der Waals surface area contributed by atoms with Crippen LogP contribution in [0.2, 0.25) is 0 Å². The van der Waals surface area contributed by atoms with E-state index in [2.05, 4.69) is 22.0 Å². The first-order valence-corrected chi connectivity index (χ1v) is 5.48. The molecule has 0 aromatic heterocycles. The number of benzene rings is 1. The van der Waals surface area contributed by atoms with Crippen LogP contribution in [-0.4, -0.2) is 6.61 Å². The lowest BCUT2D eigenvalue weighted by atomic mass is 10.2. The van der Waals surface area contributed by atoms with Crippen molar-refractivity contribution in [3.8, 4) is 11.8 Å². The highest BCUT2D eigenvalue weighted by Gasteiger charge is 2.03. The summed E-state index contributed by atoms with van der Waals surface area (Å²) in [6.07, 6.45) is 0. The summed E-state index contributed by atoms with van der Waals surface area (Å²) in [6.45, 7) is 2.25. The molecule has 0 fully saturated rings. The summed E-state index contributed by atoms with van der Waals surface area (Å²) in [4.78, 5) is 0. The third-order valence-corrected chi connectivity index (χ3v) is 2.57. The average Bonchev–Trinajstić information content (AvgIpc) is 2.26. The Bertz CT molecular complexity index is 423. The quantitative estimate of drug-likeness (QED) is 0.845. The van der Waals surface area contributed by atoms with Crippen LogP contribution in [-0.2, 0) is 0 Å². The van der Waals surface area contributed by atoms with Crippen molar-refractivity contribution in [3.63, 3.8) is 0 Å². The third-order valence-electron chi connectivity index (χ3n) is 1.70. The SMILES string of the molecule is C/C(=C/Cl)COc1ccc(Br)cc1C#N. The summed E-state index contributed by atoms with van der Waals surface area (Å²) in [6, 6.07) is 7.37. The molecule has 1 aromatic carbocycles. The Balaban J connectivity index is 2.82. The topological polar surface area (TPSA) is 33.0 Å². The number of hydrogen-bond donors (Lipinski definition) is 0. The number of nitriles is 1. The minimum absolute atomic E-state index is 0.389. The molecule has 0 unspecified atom stereocenters. The first kappa shape index (κ1) is 12.1. The second-order valence-corrected chi connectivity index (χ2v) is 4.13. The molecule has 0 aliphatic carbocycles. The molecule has 2 nitrogen and oxygen atoms in total. The van der Waals surface area contributed by atoms with E-state index in [1.807, 2.05) is 13.0 Å². The van der Waals surface area contributed by atoms with Crippen molar-refractivity contribution in [1.82, 2.24) is 0 Å². The largest absolute Gasteiger partial charge is 0.488 e. The van der Waals surface area contributed by atoms with Crippen LogP contribution in [0.1, 0.15) is 12.5 Å². The molecule has 0 amide bonds. The highest BCUT2D eigenvalue weighted by molar-refractivity contribution is 9.10. The molecule has 0 atom stereocenters. The summed E-state index contributed by atoms with van der Waals surface area (Å²) in [5, 5.41) is 8.87. The van der Waals surface area contributed by atoms with Crippen molar-refractivity contribution in [1.29, 1.82) is 5.26 Å². The van der Waals surface area contributed by atoms with Gasteiger partial charge in [0.05, 0.1) is 5.56 Å². The molecule has 4 heteroatoms. The molecule has 0 N–H and O–H groups in total. The van der Waals surface area contributed by atoms with Crippen LogP contribution in [0.4, 0.5) is 0 Å². The fraction of sp³-hybridized carbons (Fsp3) is 0.182. The van der Waals surface area contributed by atoms with E-state index in [1.54, 1.807) is 12.1 Å². The van der Waals surface area contributed by atoms with E-state index in [9.17, 15) is 0 Å². The highest BCUT2D eigenvalue weighted by Crippen LogP contribution is 2.22. The van der Waals surface area contributed by atoms with Crippen molar-refractivity contribution >= 4 is 27.5 Å². The van der Waals surface area contributed by atoms with Crippen molar-refractivity contribution in [3.05, 3.63) is 39.3 Å². The standard InChI is InChI=1S/C11H9BrClNO/c1-8(5-13)7-15-11-3-2-10(12)4-9(11)6-14/h2-5H,7H2,1H3/b8-5-. The Morgan fingerprint density at radius 3 is 3.00 bits per heavy atom. The molecular formula is C11H9BrClNO. The van der Waals surface area contributed by atoms with E-state index in [1.165, 1.54) is 5.54 Å². The first-order chi connectivity index (χ1) is 7.17. The fourth-order valence-corrected chi connectivity index (χ4v) is 1.36. The van der Waals surface area contributed by atoms with Gasteiger partial charge in [0.25, 0.3) is 0 Å². The molecule has 78 valence electrons. The van der Waals surface area contributed by atoms with Gasteiger partial charge in [-0.25, -0.2) is 0 Å². The molecule has 1 aromatic rings. The molecule has 1 rings (SSSR count). The Labute approximate surface area is 102 Å². The smallest absolute Gasteiger partial charge is 0.137 e. The zero-order valence-electron chi connectivity index (χ0n) is 8.13. The zero-order chi connectivity index (χ0) is 11.3. The molecule has 0 spiro atoms. The minimum Gasteiger partial charge on any atom is -0.488 e. The van der Waals surface area contributed by atoms with Crippen LogP contribution < -0.4 is 4.74 Å². The van der Waals surface area contributed by atoms with Gasteiger partial charge in [0, 0.05) is 10.0 Å². The molecule has 0 aliphatic rings. The maximum absolute atomic E-state index is 8.87. The van der Waals surface area contributed by atoms with Crippen LogP contribution in [0, 0.1) is 11.3 Å². The van der Waals surface area contributed by atoms with E-state index in [4.69, 9.17) is 21.6 Å². The number of rotatable bonds is 3. The number of hydrogen-bond acceptors (Lipinski definition) is 2. The summed E-state index contributed by atoms with van der Waals surface area (Å²) < 4.78 is 6.30. The van der Waals surface area contributed by atoms with Gasteiger partial charge in [-0.3, -0.25) is 0 Å². The van der Waals surface area contributed by atoms with E-state index < -0.39 is 0 Å². The third kappa shape index (κ3) is 3.58. The molecule has 0 saturated heterocycles. The number of halogens is 2. The zero-order valence-corrected chi connectivity index (χ0v) is 10.5. The summed E-state index contributed by atoms with van der Waals surface area (Å²) in [7, 11) is 0. The molecule has 0 heterocycles. The lowest BCUT2D eigenvalue weighted by Crippen LogP contribution is -1.99. The monoisotopic (exact) mass is 285 g/mol. The summed E-state index contributed by atoms with van der Waals surface area (Å²) in [5.74, 6) is 0.568. The van der Waals surface area contributed by atoms with Crippen LogP contribution in [0.15, 0.2) is 33.8 Å². The van der Waals surface area contributed by atoms with Crippen LogP contribution in [0.5, 0.6) is 5.75 Å². The molecule has 0 aliphatic heterocycles. The normalized spacial score (nSPS) is 10.9. The second kappa shape index (κ2) is 5.79. The van der Waals surface area contributed by atoms with Crippen LogP contribution in [0.25, 0.3) is 0 Å². The van der Waals surface area contributed by atoms with Gasteiger partial charge in [0.15, 0.2) is 0 Å². The van der Waals surface area contributed by atoms with Gasteiger partial charge in [-0.1, -0.05) is 27.5 Å². The van der Waals surface area contributed by atoms with Gasteiger partial charge < -0.3 is 4.74 Å². The van der Waals surface area contributed by atoms with E-state index >= 15 is 0 Å². The van der Waals surface area contributed by atoms with Crippen LogP contribution in [0.3, 0.4) is 0 Å². The van der Waals surface area contributed by atoms with Gasteiger partial charge in [-0.15, -0.1) is 0 Å². The Morgan fingerprint density at radius 1 is 1.67 bits per heavy atom. The van der Waals surface area contributed by atoms with Gasteiger partial charge in [0.2, 0.25) is 0 Å². The summed E-state index contributed by atoms with van der Waals surface area (Å²) >= 11 is 8.79. The minimum atomic E-state index is 0.389. The predicted octanol–water partition coefficient (Wildman–Crippen LogP) is 3.84. The average molecular weight is 287 g/mol. The fourth-order valence-electron chi connectivity index (χ4n) is 0.939. The predicted molar refractivity (Wildman–Crippen MR) is 64.0 cm³/mol. The molecule has 0 radical (unpaired) electrons. The van der Waals surface area contributed by atoms with Crippen molar-refractivity contribution in [2.75, 3.05) is 6.61 Å².